The van der Waals surface area contributed by atoms with Gasteiger partial charge in [-0.25, -0.2) is 4.79 Å². The fourth-order valence-corrected chi connectivity index (χ4v) is 1.49. The van der Waals surface area contributed by atoms with E-state index in [-0.39, 0.29) is 12.4 Å². The van der Waals surface area contributed by atoms with Gasteiger partial charge in [0.15, 0.2) is 0 Å². The molecule has 1 amide bonds. The van der Waals surface area contributed by atoms with Gasteiger partial charge in [-0.3, -0.25) is 0 Å². The van der Waals surface area contributed by atoms with Crippen LogP contribution in [0, 0.1) is 0 Å². The average molecular weight is 247 g/mol. The van der Waals surface area contributed by atoms with Gasteiger partial charge in [0, 0.05) is 0 Å². The number of benzene rings is 1. The Kier molecular flexibility index (Phi) is 2.83. The topological polar surface area (TPSA) is 47.6 Å². The van der Waals surface area contributed by atoms with Crippen molar-refractivity contribution in [1.29, 1.82) is 0 Å². The molecular formula is C10H8F3NO3. The number of nitrogens with one attached hydrogen (secondary N) is 1. The lowest BCUT2D eigenvalue weighted by atomic mass is 10.1. The third kappa shape index (κ3) is 3.02. The first-order valence-electron chi connectivity index (χ1n) is 4.73. The van der Waals surface area contributed by atoms with E-state index in [4.69, 9.17) is 0 Å². The Hall–Kier alpha value is -1.92. The van der Waals surface area contributed by atoms with Crippen molar-refractivity contribution in [3.8, 4) is 5.75 Å². The number of cyclic esters (lactones) is 1. The third-order valence-corrected chi connectivity index (χ3v) is 2.17. The molecule has 0 aromatic heterocycles. The van der Waals surface area contributed by atoms with Gasteiger partial charge in [0.25, 0.3) is 0 Å². The van der Waals surface area contributed by atoms with Crippen LogP contribution in [0.4, 0.5) is 18.0 Å². The summed E-state index contributed by atoms with van der Waals surface area (Å²) in [5.41, 5.74) is 0.498. The van der Waals surface area contributed by atoms with Crippen molar-refractivity contribution in [1.82, 2.24) is 5.32 Å². The predicted octanol–water partition coefficient (Wildman–Crippen LogP) is 2.37. The molecule has 92 valence electrons. The summed E-state index contributed by atoms with van der Waals surface area (Å²) >= 11 is 0. The van der Waals surface area contributed by atoms with Crippen molar-refractivity contribution >= 4 is 6.09 Å². The highest BCUT2D eigenvalue weighted by molar-refractivity contribution is 5.70. The van der Waals surface area contributed by atoms with Gasteiger partial charge in [-0.1, -0.05) is 12.1 Å². The van der Waals surface area contributed by atoms with Crippen LogP contribution in [-0.4, -0.2) is 19.1 Å². The number of hydrogen-bond acceptors (Lipinski definition) is 3. The lowest BCUT2D eigenvalue weighted by molar-refractivity contribution is -0.274. The number of amides is 1. The molecule has 0 aliphatic carbocycles. The quantitative estimate of drug-likeness (QED) is 0.872. The summed E-state index contributed by atoms with van der Waals surface area (Å²) < 4.78 is 44.4. The molecule has 1 aromatic rings. The van der Waals surface area contributed by atoms with E-state index in [1.54, 1.807) is 6.07 Å². The van der Waals surface area contributed by atoms with Crippen LogP contribution in [0.25, 0.3) is 0 Å². The van der Waals surface area contributed by atoms with E-state index in [9.17, 15) is 18.0 Å². The van der Waals surface area contributed by atoms with Gasteiger partial charge in [0.2, 0.25) is 0 Å². The minimum absolute atomic E-state index is 0.0916. The molecule has 1 aromatic carbocycles. The molecule has 0 spiro atoms. The Balaban J connectivity index is 2.14. The minimum Gasteiger partial charge on any atom is -0.447 e. The molecule has 1 atom stereocenters. The maximum Gasteiger partial charge on any atom is 0.573 e. The number of ether oxygens (including phenoxy) is 2. The van der Waals surface area contributed by atoms with Crippen molar-refractivity contribution in [3.05, 3.63) is 29.8 Å². The van der Waals surface area contributed by atoms with E-state index in [1.165, 1.54) is 18.2 Å². The second-order valence-corrected chi connectivity index (χ2v) is 3.42. The molecule has 7 heteroatoms. The number of hydrogen-bond donors (Lipinski definition) is 1. The van der Waals surface area contributed by atoms with E-state index in [1.807, 2.05) is 0 Å². The number of alkyl halides is 3. The molecule has 17 heavy (non-hydrogen) atoms. The lowest BCUT2D eigenvalue weighted by Gasteiger charge is -2.12. The SMILES string of the molecule is O=C1N[C@H](c2cccc(OC(F)(F)F)c2)CO1. The van der Waals surface area contributed by atoms with Gasteiger partial charge in [-0.2, -0.15) is 0 Å². The van der Waals surface area contributed by atoms with E-state index < -0.39 is 18.5 Å². The lowest BCUT2D eigenvalue weighted by Crippen LogP contribution is -2.19. The molecule has 0 radical (unpaired) electrons. The highest BCUT2D eigenvalue weighted by atomic mass is 19.4. The second kappa shape index (κ2) is 4.15. The summed E-state index contributed by atoms with van der Waals surface area (Å²) in [4.78, 5) is 10.8. The molecule has 1 aliphatic heterocycles. The Bertz CT molecular complexity index is 433. The van der Waals surface area contributed by atoms with Crippen molar-refractivity contribution in [3.63, 3.8) is 0 Å². The third-order valence-electron chi connectivity index (χ3n) is 2.17. The smallest absolute Gasteiger partial charge is 0.447 e. The molecule has 1 heterocycles. The van der Waals surface area contributed by atoms with Crippen LogP contribution in [0.5, 0.6) is 5.75 Å². The molecule has 1 fully saturated rings. The second-order valence-electron chi connectivity index (χ2n) is 3.42. The van der Waals surface area contributed by atoms with Crippen LogP contribution in [0.15, 0.2) is 24.3 Å². The van der Waals surface area contributed by atoms with Crippen LogP contribution in [0.3, 0.4) is 0 Å². The van der Waals surface area contributed by atoms with Crippen LogP contribution >= 0.6 is 0 Å². The zero-order valence-corrected chi connectivity index (χ0v) is 8.45. The van der Waals surface area contributed by atoms with E-state index in [2.05, 4.69) is 14.8 Å². The molecule has 0 saturated carbocycles. The minimum atomic E-state index is -4.73. The highest BCUT2D eigenvalue weighted by Gasteiger charge is 2.31. The average Bonchev–Trinajstić information content (AvgIpc) is 2.63. The van der Waals surface area contributed by atoms with Gasteiger partial charge in [0.05, 0.1) is 6.04 Å². The van der Waals surface area contributed by atoms with Crippen molar-refractivity contribution in [2.75, 3.05) is 6.61 Å². The molecule has 4 nitrogen and oxygen atoms in total. The molecule has 0 unspecified atom stereocenters. The first-order chi connectivity index (χ1) is 7.94. The molecule has 1 N–H and O–H groups in total. The largest absolute Gasteiger partial charge is 0.573 e. The summed E-state index contributed by atoms with van der Waals surface area (Å²) in [5, 5.41) is 2.46. The van der Waals surface area contributed by atoms with Crippen LogP contribution < -0.4 is 10.1 Å². The van der Waals surface area contributed by atoms with Crippen molar-refractivity contribution < 1.29 is 27.4 Å². The maximum absolute atomic E-state index is 12.0. The Labute approximate surface area is 94.3 Å². The predicted molar refractivity (Wildman–Crippen MR) is 50.3 cm³/mol. The first-order valence-corrected chi connectivity index (χ1v) is 4.73. The normalized spacial score (nSPS) is 19.7. The summed E-state index contributed by atoms with van der Waals surface area (Å²) in [7, 11) is 0. The van der Waals surface area contributed by atoms with Crippen LogP contribution in [0.2, 0.25) is 0 Å². The number of carbonyl (C=O) groups is 1. The summed E-state index contributed by atoms with van der Waals surface area (Å²) in [6.45, 7) is 0.0916. The molecule has 2 rings (SSSR count). The fraction of sp³-hybridized carbons (Fsp3) is 0.300. The maximum atomic E-state index is 12.0. The Morgan fingerprint density at radius 1 is 1.41 bits per heavy atom. The number of halogens is 3. The zero-order valence-electron chi connectivity index (χ0n) is 8.45. The van der Waals surface area contributed by atoms with E-state index in [0.717, 1.165) is 0 Å². The highest BCUT2D eigenvalue weighted by Crippen LogP contribution is 2.26. The van der Waals surface area contributed by atoms with Gasteiger partial charge >= 0.3 is 12.5 Å². The van der Waals surface area contributed by atoms with Gasteiger partial charge < -0.3 is 14.8 Å². The molecular weight excluding hydrogens is 239 g/mol. The van der Waals surface area contributed by atoms with Crippen LogP contribution in [-0.2, 0) is 4.74 Å². The standard InChI is InChI=1S/C10H8F3NO3/c11-10(12,13)17-7-3-1-2-6(4-7)8-5-16-9(15)14-8/h1-4,8H,5H2,(H,14,15)/t8-/m0/s1. The summed E-state index contributed by atoms with van der Waals surface area (Å²) in [6, 6.07) is 4.96. The first kappa shape index (κ1) is 11.6. The Morgan fingerprint density at radius 2 is 2.18 bits per heavy atom. The van der Waals surface area contributed by atoms with Crippen LogP contribution in [0.1, 0.15) is 11.6 Å². The summed E-state index contributed by atoms with van der Waals surface area (Å²) in [6.07, 6.45) is -5.31. The molecule has 0 bridgehead atoms. The van der Waals surface area contributed by atoms with Crippen molar-refractivity contribution in [2.45, 2.75) is 12.4 Å². The number of rotatable bonds is 2. The number of carbonyl (C=O) groups excluding carboxylic acids is 1. The monoisotopic (exact) mass is 247 g/mol. The molecule has 1 saturated heterocycles. The van der Waals surface area contributed by atoms with Gasteiger partial charge in [0.1, 0.15) is 12.4 Å². The number of alkyl carbamates (subject to hydrolysis) is 1. The fourth-order valence-electron chi connectivity index (χ4n) is 1.49. The van der Waals surface area contributed by atoms with E-state index >= 15 is 0 Å². The zero-order chi connectivity index (χ0) is 12.5. The Morgan fingerprint density at radius 3 is 2.76 bits per heavy atom. The van der Waals surface area contributed by atoms with Gasteiger partial charge in [-0.05, 0) is 17.7 Å². The van der Waals surface area contributed by atoms with Crippen molar-refractivity contribution in [2.24, 2.45) is 0 Å². The molecule has 1 aliphatic rings. The van der Waals surface area contributed by atoms with E-state index in [0.29, 0.717) is 5.56 Å². The van der Waals surface area contributed by atoms with Gasteiger partial charge in [-0.15, -0.1) is 13.2 Å². The summed E-state index contributed by atoms with van der Waals surface area (Å²) in [5.74, 6) is -0.323.